The summed E-state index contributed by atoms with van der Waals surface area (Å²) in [5, 5.41) is 3.81. The average Bonchev–Trinajstić information content (AvgIpc) is 2.40. The second kappa shape index (κ2) is 7.57. The van der Waals surface area contributed by atoms with Crippen molar-refractivity contribution in [3.05, 3.63) is 33.1 Å². The van der Waals surface area contributed by atoms with Gasteiger partial charge in [0, 0.05) is 15.4 Å². The van der Waals surface area contributed by atoms with Crippen LogP contribution in [0, 0.1) is 14.8 Å². The summed E-state index contributed by atoms with van der Waals surface area (Å²) >= 11 is 5.50. The van der Waals surface area contributed by atoms with Crippen LogP contribution < -0.4 is 5.32 Å². The largest absolute Gasteiger partial charge is 0.351 e. The van der Waals surface area contributed by atoms with E-state index in [0.717, 1.165) is 18.2 Å². The Kier molecular flexibility index (Phi) is 6.73. The summed E-state index contributed by atoms with van der Waals surface area (Å²) in [7, 11) is 0. The summed E-state index contributed by atoms with van der Waals surface area (Å²) in [6.07, 6.45) is 1.99. The van der Waals surface area contributed by atoms with Crippen LogP contribution in [-0.2, 0) is 0 Å². The lowest BCUT2D eigenvalue weighted by atomic mass is 9.84. The molecule has 0 aliphatic heterocycles. The third-order valence-corrected chi connectivity index (χ3v) is 5.67. The maximum Gasteiger partial charge on any atom is 0.252 e. The van der Waals surface area contributed by atoms with Gasteiger partial charge >= 0.3 is 0 Å². The fraction of sp³-hybridized carbons (Fsp3) is 0.500. The molecule has 2 nitrogen and oxygen atoms in total. The fourth-order valence-corrected chi connectivity index (χ4v) is 3.49. The zero-order chi connectivity index (χ0) is 14.5. The van der Waals surface area contributed by atoms with Gasteiger partial charge in [-0.05, 0) is 59.0 Å². The maximum absolute atomic E-state index is 13.0. The molecule has 0 aliphatic carbocycles. The number of hydrogen-bond acceptors (Lipinski definition) is 1. The van der Waals surface area contributed by atoms with E-state index in [0.29, 0.717) is 15.7 Å². The molecule has 0 radical (unpaired) electrons. The zero-order valence-electron chi connectivity index (χ0n) is 11.1. The second-order valence-electron chi connectivity index (χ2n) is 4.65. The average molecular weight is 442 g/mol. The molecule has 0 heterocycles. The van der Waals surface area contributed by atoms with Crippen molar-refractivity contribution in [3.8, 4) is 0 Å². The van der Waals surface area contributed by atoms with Crippen LogP contribution in [0.4, 0.5) is 4.39 Å². The number of nitrogens with one attached hydrogen (secondary N) is 1. The summed E-state index contributed by atoms with van der Waals surface area (Å²) in [5.41, 5.74) is 0.610. The first-order chi connectivity index (χ1) is 8.98. The fourth-order valence-electron chi connectivity index (χ4n) is 1.77. The van der Waals surface area contributed by atoms with E-state index in [1.54, 1.807) is 0 Å². The van der Waals surface area contributed by atoms with Crippen LogP contribution in [0.1, 0.15) is 37.0 Å². The van der Waals surface area contributed by atoms with E-state index in [-0.39, 0.29) is 17.1 Å². The summed E-state index contributed by atoms with van der Waals surface area (Å²) in [4.78, 5) is 12.1. The Morgan fingerprint density at radius 3 is 2.53 bits per heavy atom. The molecule has 106 valence electrons. The molecule has 1 aromatic rings. The summed E-state index contributed by atoms with van der Waals surface area (Å²) in [6, 6.07) is 4.21. The van der Waals surface area contributed by atoms with Crippen LogP contribution in [0.5, 0.6) is 0 Å². The molecule has 1 amide bonds. The van der Waals surface area contributed by atoms with Crippen LogP contribution in [0.15, 0.2) is 18.2 Å². The van der Waals surface area contributed by atoms with Crippen molar-refractivity contribution in [2.75, 3.05) is 11.9 Å². The Labute approximate surface area is 135 Å². The van der Waals surface area contributed by atoms with Crippen molar-refractivity contribution in [2.24, 2.45) is 5.41 Å². The number of halogens is 3. The monoisotopic (exact) mass is 441 g/mol. The van der Waals surface area contributed by atoms with Crippen LogP contribution in [-0.4, -0.2) is 17.8 Å². The first kappa shape index (κ1) is 16.9. The van der Waals surface area contributed by atoms with Crippen molar-refractivity contribution in [1.29, 1.82) is 0 Å². The standard InChI is InChI=1S/C14H18BrFINO/c1-3-14(4-2,8-15)9-18-13(19)11-6-5-10(16)7-12(11)17/h5-7H,3-4,8-9H2,1-2H3,(H,18,19). The molecule has 0 atom stereocenters. The van der Waals surface area contributed by atoms with Crippen LogP contribution in [0.2, 0.25) is 0 Å². The van der Waals surface area contributed by atoms with E-state index in [1.807, 2.05) is 22.6 Å². The van der Waals surface area contributed by atoms with Gasteiger partial charge < -0.3 is 5.32 Å². The predicted molar refractivity (Wildman–Crippen MR) is 88.3 cm³/mol. The van der Waals surface area contributed by atoms with E-state index in [4.69, 9.17) is 0 Å². The Morgan fingerprint density at radius 1 is 1.42 bits per heavy atom. The van der Waals surface area contributed by atoms with Crippen LogP contribution in [0.25, 0.3) is 0 Å². The molecule has 0 fully saturated rings. The molecule has 0 bridgehead atoms. The minimum absolute atomic E-state index is 0.0845. The molecule has 0 aliphatic rings. The molecule has 0 saturated heterocycles. The molecule has 1 N–H and O–H groups in total. The van der Waals surface area contributed by atoms with E-state index in [1.165, 1.54) is 18.2 Å². The predicted octanol–water partition coefficient (Wildman–Crippen LogP) is 4.36. The molecular formula is C14H18BrFINO. The van der Waals surface area contributed by atoms with Gasteiger partial charge in [-0.15, -0.1) is 0 Å². The highest BCUT2D eigenvalue weighted by Gasteiger charge is 2.25. The lowest BCUT2D eigenvalue weighted by Gasteiger charge is -2.29. The van der Waals surface area contributed by atoms with Crippen molar-refractivity contribution in [1.82, 2.24) is 5.32 Å². The Morgan fingerprint density at radius 2 is 2.05 bits per heavy atom. The zero-order valence-corrected chi connectivity index (χ0v) is 14.8. The van der Waals surface area contributed by atoms with Crippen molar-refractivity contribution in [3.63, 3.8) is 0 Å². The minimum atomic E-state index is -0.321. The minimum Gasteiger partial charge on any atom is -0.351 e. The number of alkyl halides is 1. The molecule has 5 heteroatoms. The molecule has 0 unspecified atom stereocenters. The van der Waals surface area contributed by atoms with Crippen LogP contribution >= 0.6 is 38.5 Å². The normalized spacial score (nSPS) is 11.4. The van der Waals surface area contributed by atoms with Crippen molar-refractivity contribution < 1.29 is 9.18 Å². The Balaban J connectivity index is 2.75. The third kappa shape index (κ3) is 4.41. The smallest absolute Gasteiger partial charge is 0.252 e. The van der Waals surface area contributed by atoms with Gasteiger partial charge in [-0.25, -0.2) is 4.39 Å². The summed E-state index contributed by atoms with van der Waals surface area (Å²) < 4.78 is 13.6. The van der Waals surface area contributed by atoms with Crippen LogP contribution in [0.3, 0.4) is 0 Å². The van der Waals surface area contributed by atoms with E-state index >= 15 is 0 Å². The molecule has 1 aromatic carbocycles. The van der Waals surface area contributed by atoms with Gasteiger partial charge in [-0.3, -0.25) is 4.79 Å². The topological polar surface area (TPSA) is 29.1 Å². The van der Waals surface area contributed by atoms with Gasteiger partial charge in [0.1, 0.15) is 5.82 Å². The van der Waals surface area contributed by atoms with E-state index < -0.39 is 0 Å². The second-order valence-corrected chi connectivity index (χ2v) is 6.37. The van der Waals surface area contributed by atoms with Gasteiger partial charge in [-0.1, -0.05) is 29.8 Å². The van der Waals surface area contributed by atoms with Crippen molar-refractivity contribution in [2.45, 2.75) is 26.7 Å². The Bertz CT molecular complexity index is 441. The third-order valence-electron chi connectivity index (χ3n) is 3.58. The van der Waals surface area contributed by atoms with Gasteiger partial charge in [0.2, 0.25) is 0 Å². The highest BCUT2D eigenvalue weighted by molar-refractivity contribution is 14.1. The molecule has 0 saturated carbocycles. The summed E-state index contributed by atoms with van der Waals surface area (Å²) in [5.74, 6) is -0.463. The number of carbonyl (C=O) groups is 1. The van der Waals surface area contributed by atoms with Gasteiger partial charge in [0.25, 0.3) is 5.91 Å². The SMILES string of the molecule is CCC(CC)(CBr)CNC(=O)c1ccc(F)cc1I. The van der Waals surface area contributed by atoms with E-state index in [2.05, 4.69) is 35.1 Å². The molecule has 1 rings (SSSR count). The lowest BCUT2D eigenvalue weighted by Crippen LogP contribution is -2.38. The number of benzene rings is 1. The van der Waals surface area contributed by atoms with Gasteiger partial charge in [-0.2, -0.15) is 0 Å². The van der Waals surface area contributed by atoms with E-state index in [9.17, 15) is 9.18 Å². The highest BCUT2D eigenvalue weighted by atomic mass is 127. The van der Waals surface area contributed by atoms with Crippen molar-refractivity contribution >= 4 is 44.4 Å². The lowest BCUT2D eigenvalue weighted by molar-refractivity contribution is 0.0931. The molecule has 19 heavy (non-hydrogen) atoms. The first-order valence-electron chi connectivity index (χ1n) is 6.27. The number of amides is 1. The number of hydrogen-bond donors (Lipinski definition) is 1. The molecular weight excluding hydrogens is 424 g/mol. The highest BCUT2D eigenvalue weighted by Crippen LogP contribution is 2.28. The summed E-state index contributed by atoms with van der Waals surface area (Å²) in [6.45, 7) is 4.87. The van der Waals surface area contributed by atoms with Gasteiger partial charge in [0.05, 0.1) is 5.56 Å². The quantitative estimate of drug-likeness (QED) is 0.515. The van der Waals surface area contributed by atoms with Gasteiger partial charge in [0.15, 0.2) is 0 Å². The maximum atomic E-state index is 13.0. The molecule has 0 spiro atoms. The first-order valence-corrected chi connectivity index (χ1v) is 8.47. The Hall–Kier alpha value is -0.170. The molecule has 0 aromatic heterocycles. The number of carbonyl (C=O) groups excluding carboxylic acids is 1. The number of rotatable bonds is 6.